The van der Waals surface area contributed by atoms with Crippen molar-refractivity contribution in [1.82, 2.24) is 19.9 Å². The molecule has 1 amide bonds. The Morgan fingerprint density at radius 1 is 1.04 bits per heavy atom. The van der Waals surface area contributed by atoms with Crippen molar-refractivity contribution in [3.63, 3.8) is 0 Å². The number of hydrogen-bond donors (Lipinski definition) is 2. The Balaban J connectivity index is 1.67. The van der Waals surface area contributed by atoms with E-state index in [1.54, 1.807) is 12.1 Å². The van der Waals surface area contributed by atoms with E-state index < -0.39 is 11.9 Å². The van der Waals surface area contributed by atoms with Crippen molar-refractivity contribution in [3.05, 3.63) is 65.6 Å². The zero-order chi connectivity index (χ0) is 16.2. The summed E-state index contributed by atoms with van der Waals surface area (Å²) in [5, 5.41) is 19.9. The van der Waals surface area contributed by atoms with Gasteiger partial charge in [-0.3, -0.25) is 9.20 Å². The fourth-order valence-corrected chi connectivity index (χ4v) is 2.31. The molecule has 3 aromatic rings. The van der Waals surface area contributed by atoms with Crippen LogP contribution in [0, 0.1) is 0 Å². The van der Waals surface area contributed by atoms with Crippen molar-refractivity contribution in [3.8, 4) is 0 Å². The average Bonchev–Trinajstić information content (AvgIpc) is 2.98. The lowest BCUT2D eigenvalue weighted by Crippen LogP contribution is -2.27. The fraction of sp³-hybridized carbons (Fsp3) is 0.125. The molecule has 0 aliphatic carbocycles. The van der Waals surface area contributed by atoms with Gasteiger partial charge in [-0.1, -0.05) is 18.2 Å². The predicted octanol–water partition coefficient (Wildman–Crippen LogP) is 1.40. The molecule has 7 nitrogen and oxygen atoms in total. The smallest absolute Gasteiger partial charge is 0.336 e. The molecule has 0 atom stereocenters. The number of carboxylic acid groups (broad SMARTS) is 1. The van der Waals surface area contributed by atoms with Crippen molar-refractivity contribution >= 4 is 17.5 Å². The third kappa shape index (κ3) is 3.03. The normalized spacial score (nSPS) is 10.6. The molecule has 116 valence electrons. The minimum atomic E-state index is -1.13. The standard InChI is InChI=1S/C16H14N4O3/c21-15(11-5-1-2-6-12(11)16(22)23)17-9-8-14-19-18-13-7-3-4-10-20(13)14/h1-7,10H,8-9H2,(H,17,21)(H,22,23). The first-order valence-electron chi connectivity index (χ1n) is 7.06. The Hall–Kier alpha value is -3.22. The van der Waals surface area contributed by atoms with Crippen LogP contribution in [0.3, 0.4) is 0 Å². The van der Waals surface area contributed by atoms with Crippen LogP contribution in [0.4, 0.5) is 0 Å². The summed E-state index contributed by atoms with van der Waals surface area (Å²) in [7, 11) is 0. The maximum Gasteiger partial charge on any atom is 0.336 e. The lowest BCUT2D eigenvalue weighted by Gasteiger charge is -2.07. The van der Waals surface area contributed by atoms with Crippen LogP contribution >= 0.6 is 0 Å². The number of carbonyl (C=O) groups is 2. The van der Waals surface area contributed by atoms with E-state index in [1.165, 1.54) is 12.1 Å². The number of benzene rings is 1. The summed E-state index contributed by atoms with van der Waals surface area (Å²) in [6.07, 6.45) is 2.35. The van der Waals surface area contributed by atoms with Gasteiger partial charge in [0.05, 0.1) is 11.1 Å². The maximum absolute atomic E-state index is 12.1. The van der Waals surface area contributed by atoms with Gasteiger partial charge in [-0.05, 0) is 24.3 Å². The largest absolute Gasteiger partial charge is 0.478 e. The fourth-order valence-electron chi connectivity index (χ4n) is 2.31. The first-order valence-corrected chi connectivity index (χ1v) is 7.06. The van der Waals surface area contributed by atoms with E-state index >= 15 is 0 Å². The molecule has 0 aliphatic heterocycles. The van der Waals surface area contributed by atoms with Gasteiger partial charge in [-0.25, -0.2) is 4.79 Å². The van der Waals surface area contributed by atoms with Gasteiger partial charge in [0.25, 0.3) is 5.91 Å². The third-order valence-corrected chi connectivity index (χ3v) is 3.42. The summed E-state index contributed by atoms with van der Waals surface area (Å²) < 4.78 is 1.84. The van der Waals surface area contributed by atoms with Gasteiger partial charge in [-0.15, -0.1) is 10.2 Å². The van der Waals surface area contributed by atoms with Crippen LogP contribution in [-0.4, -0.2) is 38.1 Å². The van der Waals surface area contributed by atoms with Crippen LogP contribution in [0.15, 0.2) is 48.7 Å². The molecule has 2 N–H and O–H groups in total. The molecule has 0 aliphatic rings. The molecular weight excluding hydrogens is 296 g/mol. The summed E-state index contributed by atoms with van der Waals surface area (Å²) in [4.78, 5) is 23.3. The van der Waals surface area contributed by atoms with Crippen LogP contribution in [0.1, 0.15) is 26.5 Å². The molecule has 0 radical (unpaired) electrons. The number of aromatic nitrogens is 3. The van der Waals surface area contributed by atoms with E-state index in [4.69, 9.17) is 5.11 Å². The van der Waals surface area contributed by atoms with Crippen molar-refractivity contribution in [2.75, 3.05) is 6.54 Å². The Bertz CT molecular complexity index is 872. The van der Waals surface area contributed by atoms with Crippen LogP contribution in [0.2, 0.25) is 0 Å². The van der Waals surface area contributed by atoms with Gasteiger partial charge in [0.1, 0.15) is 5.82 Å². The van der Waals surface area contributed by atoms with Crippen molar-refractivity contribution < 1.29 is 14.7 Å². The van der Waals surface area contributed by atoms with Crippen LogP contribution < -0.4 is 5.32 Å². The number of fused-ring (bicyclic) bond motifs is 1. The van der Waals surface area contributed by atoms with E-state index in [0.717, 1.165) is 11.5 Å². The highest BCUT2D eigenvalue weighted by molar-refractivity contribution is 6.04. The van der Waals surface area contributed by atoms with E-state index in [9.17, 15) is 9.59 Å². The predicted molar refractivity (Wildman–Crippen MR) is 82.4 cm³/mol. The van der Waals surface area contributed by atoms with Crippen LogP contribution in [-0.2, 0) is 6.42 Å². The molecular formula is C16H14N4O3. The molecule has 0 saturated heterocycles. The molecule has 1 aromatic carbocycles. The molecule has 0 fully saturated rings. The van der Waals surface area contributed by atoms with E-state index in [2.05, 4.69) is 15.5 Å². The first kappa shape index (κ1) is 14.7. The highest BCUT2D eigenvalue weighted by Gasteiger charge is 2.15. The van der Waals surface area contributed by atoms with Crippen molar-refractivity contribution in [1.29, 1.82) is 0 Å². The van der Waals surface area contributed by atoms with Gasteiger partial charge in [0.15, 0.2) is 5.65 Å². The molecule has 0 spiro atoms. The molecule has 23 heavy (non-hydrogen) atoms. The van der Waals surface area contributed by atoms with Gasteiger partial charge in [0, 0.05) is 19.2 Å². The Labute approximate surface area is 131 Å². The van der Waals surface area contributed by atoms with Crippen LogP contribution in [0.25, 0.3) is 5.65 Å². The maximum atomic E-state index is 12.1. The summed E-state index contributed by atoms with van der Waals surface area (Å²) in [5.74, 6) is -0.816. The number of pyridine rings is 1. The Morgan fingerprint density at radius 3 is 2.57 bits per heavy atom. The van der Waals surface area contributed by atoms with Crippen molar-refractivity contribution in [2.24, 2.45) is 0 Å². The number of nitrogens with zero attached hydrogens (tertiary/aromatic N) is 3. The van der Waals surface area contributed by atoms with Gasteiger partial charge in [0.2, 0.25) is 0 Å². The molecule has 0 bridgehead atoms. The highest BCUT2D eigenvalue weighted by atomic mass is 16.4. The molecule has 7 heteroatoms. The van der Waals surface area contributed by atoms with Crippen LogP contribution in [0.5, 0.6) is 0 Å². The molecule has 3 rings (SSSR count). The monoisotopic (exact) mass is 310 g/mol. The first-order chi connectivity index (χ1) is 11.2. The Kier molecular flexibility index (Phi) is 4.01. The number of carboxylic acids is 1. The second-order valence-electron chi connectivity index (χ2n) is 4.90. The van der Waals surface area contributed by atoms with E-state index in [0.29, 0.717) is 13.0 Å². The average molecular weight is 310 g/mol. The second-order valence-corrected chi connectivity index (χ2v) is 4.90. The summed E-state index contributed by atoms with van der Waals surface area (Å²) >= 11 is 0. The lowest BCUT2D eigenvalue weighted by molar-refractivity contribution is 0.0691. The lowest BCUT2D eigenvalue weighted by atomic mass is 10.1. The van der Waals surface area contributed by atoms with Gasteiger partial charge in [-0.2, -0.15) is 0 Å². The zero-order valence-corrected chi connectivity index (χ0v) is 12.1. The third-order valence-electron chi connectivity index (χ3n) is 3.42. The number of aromatic carboxylic acids is 1. The second kappa shape index (κ2) is 6.27. The van der Waals surface area contributed by atoms with Crippen molar-refractivity contribution in [2.45, 2.75) is 6.42 Å². The SMILES string of the molecule is O=C(O)c1ccccc1C(=O)NCCc1nnc2ccccn12. The van der Waals surface area contributed by atoms with E-state index in [1.807, 2.05) is 28.8 Å². The molecule has 0 unspecified atom stereocenters. The highest BCUT2D eigenvalue weighted by Crippen LogP contribution is 2.09. The molecule has 2 heterocycles. The summed E-state index contributed by atoms with van der Waals surface area (Å²) in [6, 6.07) is 11.7. The number of rotatable bonds is 5. The minimum Gasteiger partial charge on any atom is -0.478 e. The quantitative estimate of drug-likeness (QED) is 0.742. The number of amides is 1. The Morgan fingerprint density at radius 2 is 1.78 bits per heavy atom. The van der Waals surface area contributed by atoms with Gasteiger partial charge >= 0.3 is 5.97 Å². The topological polar surface area (TPSA) is 96.6 Å². The zero-order valence-electron chi connectivity index (χ0n) is 12.1. The molecule has 0 saturated carbocycles. The number of nitrogens with one attached hydrogen (secondary N) is 1. The number of carbonyl (C=O) groups excluding carboxylic acids is 1. The summed E-state index contributed by atoms with van der Waals surface area (Å²) in [6.45, 7) is 0.336. The summed E-state index contributed by atoms with van der Waals surface area (Å²) in [5.41, 5.74) is 0.870. The van der Waals surface area contributed by atoms with E-state index in [-0.39, 0.29) is 11.1 Å². The number of hydrogen-bond acceptors (Lipinski definition) is 4. The minimum absolute atomic E-state index is 0.0158. The van der Waals surface area contributed by atoms with Gasteiger partial charge < -0.3 is 10.4 Å². The molecule has 2 aromatic heterocycles.